The minimum absolute atomic E-state index is 0.747. The summed E-state index contributed by atoms with van der Waals surface area (Å²) in [7, 11) is 0. The van der Waals surface area contributed by atoms with Crippen molar-refractivity contribution in [2.45, 2.75) is 58.0 Å². The summed E-state index contributed by atoms with van der Waals surface area (Å²) in [5, 5.41) is 3.58. The first-order valence-electron chi connectivity index (χ1n) is 6.77. The van der Waals surface area contributed by atoms with Gasteiger partial charge in [0.25, 0.3) is 0 Å². The quantitative estimate of drug-likeness (QED) is 0.676. The fraction of sp³-hybridized carbons (Fsp3) is 1.00. The van der Waals surface area contributed by atoms with Crippen LogP contribution in [0.4, 0.5) is 0 Å². The van der Waals surface area contributed by atoms with Crippen LogP contribution in [-0.4, -0.2) is 36.6 Å². The molecule has 2 aliphatic rings. The van der Waals surface area contributed by atoms with Gasteiger partial charge in [0.2, 0.25) is 0 Å². The number of piperidine rings is 1. The van der Waals surface area contributed by atoms with Crippen molar-refractivity contribution in [3.8, 4) is 0 Å². The Hall–Kier alpha value is -0.0800. The van der Waals surface area contributed by atoms with Gasteiger partial charge in [-0.2, -0.15) is 0 Å². The maximum atomic E-state index is 3.58. The number of nitrogens with zero attached hydrogens (tertiary/aromatic N) is 1. The first-order valence-corrected chi connectivity index (χ1v) is 6.77. The van der Waals surface area contributed by atoms with Gasteiger partial charge in [0, 0.05) is 25.2 Å². The zero-order chi connectivity index (χ0) is 10.7. The molecule has 3 unspecified atom stereocenters. The highest BCUT2D eigenvalue weighted by Gasteiger charge is 2.39. The smallest absolute Gasteiger partial charge is 0.0195 e. The Morgan fingerprint density at radius 3 is 2.87 bits per heavy atom. The molecule has 2 rings (SSSR count). The van der Waals surface area contributed by atoms with Crippen LogP contribution in [0.3, 0.4) is 0 Å². The van der Waals surface area contributed by atoms with Crippen molar-refractivity contribution in [1.82, 2.24) is 10.2 Å². The number of likely N-dealkylation sites (tertiary alicyclic amines) is 1. The van der Waals surface area contributed by atoms with E-state index in [4.69, 9.17) is 0 Å². The van der Waals surface area contributed by atoms with Crippen LogP contribution in [0.2, 0.25) is 0 Å². The molecule has 1 N–H and O–H groups in total. The van der Waals surface area contributed by atoms with E-state index in [2.05, 4.69) is 24.1 Å². The lowest BCUT2D eigenvalue weighted by atomic mass is 10.1. The maximum Gasteiger partial charge on any atom is 0.0195 e. The van der Waals surface area contributed by atoms with Crippen LogP contribution in [0.25, 0.3) is 0 Å². The predicted molar refractivity (Wildman–Crippen MR) is 65.1 cm³/mol. The molecule has 3 atom stereocenters. The van der Waals surface area contributed by atoms with E-state index >= 15 is 0 Å². The number of nitrogens with one attached hydrogen (secondary N) is 1. The zero-order valence-electron chi connectivity index (χ0n) is 10.3. The topological polar surface area (TPSA) is 15.3 Å². The molecular formula is C13H26N2. The van der Waals surface area contributed by atoms with Crippen LogP contribution in [0.15, 0.2) is 0 Å². The first-order chi connectivity index (χ1) is 7.31. The van der Waals surface area contributed by atoms with Gasteiger partial charge in [0.05, 0.1) is 0 Å². The summed E-state index contributed by atoms with van der Waals surface area (Å²) in [4.78, 5) is 2.74. The van der Waals surface area contributed by atoms with E-state index in [1.165, 1.54) is 51.7 Å². The highest BCUT2D eigenvalue weighted by atomic mass is 15.2. The highest BCUT2D eigenvalue weighted by Crippen LogP contribution is 2.38. The minimum atomic E-state index is 0.747. The van der Waals surface area contributed by atoms with Gasteiger partial charge in [-0.3, -0.25) is 4.90 Å². The lowest BCUT2D eigenvalue weighted by Gasteiger charge is -2.32. The Labute approximate surface area is 94.4 Å². The Bertz CT molecular complexity index is 193. The molecule has 1 heterocycles. The average Bonchev–Trinajstić information content (AvgIpc) is 2.85. The van der Waals surface area contributed by atoms with Gasteiger partial charge in [-0.05, 0) is 45.1 Å². The molecule has 2 fully saturated rings. The number of fused-ring (bicyclic) bond motifs is 2. The third-order valence-electron chi connectivity index (χ3n) is 4.16. The molecule has 1 saturated heterocycles. The minimum Gasteiger partial charge on any atom is -0.315 e. The van der Waals surface area contributed by atoms with Crippen molar-refractivity contribution in [2.75, 3.05) is 19.6 Å². The number of unbranched alkanes of at least 4 members (excludes halogenated alkanes) is 1. The van der Waals surface area contributed by atoms with Crippen molar-refractivity contribution in [3.63, 3.8) is 0 Å². The highest BCUT2D eigenvalue weighted by molar-refractivity contribution is 4.94. The van der Waals surface area contributed by atoms with Crippen molar-refractivity contribution >= 4 is 0 Å². The summed E-state index contributed by atoms with van der Waals surface area (Å²) in [6.45, 7) is 8.40. The molecule has 1 aliphatic heterocycles. The number of hydrogen-bond donors (Lipinski definition) is 1. The molecule has 2 bridgehead atoms. The Morgan fingerprint density at radius 2 is 2.27 bits per heavy atom. The maximum absolute atomic E-state index is 3.58. The normalized spacial score (nSPS) is 32.4. The second-order valence-corrected chi connectivity index (χ2v) is 5.44. The molecule has 1 saturated carbocycles. The van der Waals surface area contributed by atoms with Gasteiger partial charge < -0.3 is 5.32 Å². The summed E-state index contributed by atoms with van der Waals surface area (Å²) in [6, 6.07) is 1.68. The fourth-order valence-electron chi connectivity index (χ4n) is 3.23. The van der Waals surface area contributed by atoms with Crippen LogP contribution in [0.5, 0.6) is 0 Å². The lowest BCUT2D eigenvalue weighted by molar-refractivity contribution is 0.157. The van der Waals surface area contributed by atoms with E-state index in [-0.39, 0.29) is 0 Å². The molecule has 15 heavy (non-hydrogen) atoms. The molecule has 1 aliphatic carbocycles. The van der Waals surface area contributed by atoms with Gasteiger partial charge in [-0.15, -0.1) is 0 Å². The van der Waals surface area contributed by atoms with E-state index < -0.39 is 0 Å². The van der Waals surface area contributed by atoms with E-state index in [9.17, 15) is 0 Å². The van der Waals surface area contributed by atoms with Crippen LogP contribution < -0.4 is 5.32 Å². The molecule has 0 aromatic carbocycles. The molecule has 88 valence electrons. The summed E-state index contributed by atoms with van der Waals surface area (Å²) in [5.74, 6) is 1.04. The molecule has 0 amide bonds. The van der Waals surface area contributed by atoms with Gasteiger partial charge in [0.1, 0.15) is 0 Å². The molecule has 0 aromatic rings. The average molecular weight is 210 g/mol. The Kier molecular flexibility index (Phi) is 4.04. The largest absolute Gasteiger partial charge is 0.315 e. The predicted octanol–water partition coefficient (Wildman–Crippen LogP) is 2.25. The molecule has 0 spiro atoms. The second kappa shape index (κ2) is 5.31. The summed E-state index contributed by atoms with van der Waals surface area (Å²) in [5.41, 5.74) is 0. The second-order valence-electron chi connectivity index (χ2n) is 5.44. The monoisotopic (exact) mass is 210 g/mol. The van der Waals surface area contributed by atoms with Crippen molar-refractivity contribution in [1.29, 1.82) is 0 Å². The van der Waals surface area contributed by atoms with Crippen molar-refractivity contribution < 1.29 is 0 Å². The summed E-state index contributed by atoms with van der Waals surface area (Å²) < 4.78 is 0. The molecule has 0 aromatic heterocycles. The standard InChI is InChI=1S/C13H26N2/c1-3-4-7-14-9-11(2)15-10-12-5-6-13(15)8-12/h11-14H,3-10H2,1-2H3. The van der Waals surface area contributed by atoms with Crippen molar-refractivity contribution in [2.24, 2.45) is 5.92 Å². The van der Waals surface area contributed by atoms with Gasteiger partial charge in [-0.1, -0.05) is 13.3 Å². The van der Waals surface area contributed by atoms with Crippen LogP contribution in [-0.2, 0) is 0 Å². The molecule has 2 heteroatoms. The van der Waals surface area contributed by atoms with E-state index in [0.717, 1.165) is 18.0 Å². The zero-order valence-corrected chi connectivity index (χ0v) is 10.3. The molecule has 2 nitrogen and oxygen atoms in total. The fourth-order valence-corrected chi connectivity index (χ4v) is 3.23. The Morgan fingerprint density at radius 1 is 1.40 bits per heavy atom. The van der Waals surface area contributed by atoms with Gasteiger partial charge in [-0.25, -0.2) is 0 Å². The summed E-state index contributed by atoms with van der Waals surface area (Å²) >= 11 is 0. The molecular weight excluding hydrogens is 184 g/mol. The number of rotatable bonds is 6. The third-order valence-corrected chi connectivity index (χ3v) is 4.16. The van der Waals surface area contributed by atoms with Crippen molar-refractivity contribution in [3.05, 3.63) is 0 Å². The lowest BCUT2D eigenvalue weighted by Crippen LogP contribution is -2.44. The SMILES string of the molecule is CCCCNCC(C)N1CC2CCC1C2. The number of hydrogen-bond acceptors (Lipinski definition) is 2. The van der Waals surface area contributed by atoms with E-state index in [1.54, 1.807) is 0 Å². The van der Waals surface area contributed by atoms with Crippen LogP contribution in [0.1, 0.15) is 46.0 Å². The van der Waals surface area contributed by atoms with Crippen LogP contribution in [0, 0.1) is 5.92 Å². The first kappa shape index (κ1) is 11.4. The third kappa shape index (κ3) is 2.73. The summed E-state index contributed by atoms with van der Waals surface area (Å²) in [6.07, 6.45) is 7.06. The van der Waals surface area contributed by atoms with Crippen LogP contribution >= 0.6 is 0 Å². The van der Waals surface area contributed by atoms with Gasteiger partial charge in [0.15, 0.2) is 0 Å². The Balaban J connectivity index is 1.65. The van der Waals surface area contributed by atoms with Gasteiger partial charge >= 0.3 is 0 Å². The van der Waals surface area contributed by atoms with E-state index in [1.807, 2.05) is 0 Å². The molecule has 0 radical (unpaired) electrons. The van der Waals surface area contributed by atoms with E-state index in [0.29, 0.717) is 0 Å².